The molecular weight excluding hydrogens is 781 g/mol. The monoisotopic (exact) mass is 834 g/mol. The van der Waals surface area contributed by atoms with Crippen LogP contribution in [-0.2, 0) is 70.0 Å². The molecule has 3 fully saturated rings. The molecule has 5 aliphatic rings. The Bertz CT molecular complexity index is 2220. The number of methoxy groups -OCH3 is 6. The SMILES string of the molecule is COC(=O)C1(C(=O)OC)CC(=C2\CC(C(=O)OC)(C(=O)OC)C\C2=C2\c3ccccc3CC2(C)C)/C(=C2/CC(C(=O)OC)(C(=O)OC)C/C2=C2/c3ccccc3CC2(C)C)C1. The van der Waals surface area contributed by atoms with E-state index >= 15 is 0 Å². The molecule has 322 valence electrons. The lowest BCUT2D eigenvalue weighted by atomic mass is 9.78. The summed E-state index contributed by atoms with van der Waals surface area (Å²) in [5.74, 6) is -4.85. The van der Waals surface area contributed by atoms with Gasteiger partial charge in [0.1, 0.15) is 0 Å². The Morgan fingerprint density at radius 3 is 0.852 bits per heavy atom. The van der Waals surface area contributed by atoms with Crippen LogP contribution in [0, 0.1) is 27.1 Å². The van der Waals surface area contributed by atoms with Crippen molar-refractivity contribution >= 4 is 47.0 Å². The molecule has 3 saturated carbocycles. The Morgan fingerprint density at radius 1 is 0.361 bits per heavy atom. The lowest BCUT2D eigenvalue weighted by molar-refractivity contribution is -0.169. The number of carbonyl (C=O) groups is 6. The van der Waals surface area contributed by atoms with E-state index < -0.39 is 62.9 Å². The number of rotatable bonds is 6. The summed E-state index contributed by atoms with van der Waals surface area (Å²) < 4.78 is 32.3. The number of esters is 6. The van der Waals surface area contributed by atoms with E-state index in [-0.39, 0.29) is 38.5 Å². The molecular formula is C49H54O12. The molecule has 0 aliphatic heterocycles. The van der Waals surface area contributed by atoms with E-state index in [1.807, 2.05) is 36.4 Å². The van der Waals surface area contributed by atoms with Crippen molar-refractivity contribution in [3.8, 4) is 0 Å². The molecule has 5 aliphatic carbocycles. The zero-order valence-corrected chi connectivity index (χ0v) is 36.7. The zero-order chi connectivity index (χ0) is 44.4. The van der Waals surface area contributed by atoms with E-state index in [2.05, 4.69) is 39.8 Å². The molecule has 0 atom stereocenters. The van der Waals surface area contributed by atoms with Gasteiger partial charge in [-0.2, -0.15) is 0 Å². The molecule has 0 bridgehead atoms. The second-order valence-corrected chi connectivity index (χ2v) is 18.3. The van der Waals surface area contributed by atoms with Crippen molar-refractivity contribution in [3.63, 3.8) is 0 Å². The third-order valence-corrected chi connectivity index (χ3v) is 13.9. The lowest BCUT2D eigenvalue weighted by Gasteiger charge is -2.26. The van der Waals surface area contributed by atoms with Crippen LogP contribution in [0.25, 0.3) is 11.1 Å². The normalized spacial score (nSPS) is 25.9. The summed E-state index contributed by atoms with van der Waals surface area (Å²) in [6.45, 7) is 8.43. The molecule has 0 amide bonds. The van der Waals surface area contributed by atoms with Crippen molar-refractivity contribution in [2.45, 2.75) is 79.1 Å². The highest BCUT2D eigenvalue weighted by atomic mass is 16.6. The molecule has 2 aromatic rings. The van der Waals surface area contributed by atoms with Gasteiger partial charge in [0.2, 0.25) is 0 Å². The molecule has 0 N–H and O–H groups in total. The van der Waals surface area contributed by atoms with Gasteiger partial charge in [-0.25, -0.2) is 0 Å². The summed E-state index contributed by atoms with van der Waals surface area (Å²) >= 11 is 0. The molecule has 12 nitrogen and oxygen atoms in total. The summed E-state index contributed by atoms with van der Waals surface area (Å²) in [6, 6.07) is 16.0. The van der Waals surface area contributed by atoms with Crippen molar-refractivity contribution in [2.24, 2.45) is 27.1 Å². The molecule has 0 saturated heterocycles. The minimum Gasteiger partial charge on any atom is -0.468 e. The number of carbonyl (C=O) groups excluding carboxylic acids is 6. The quantitative estimate of drug-likeness (QED) is 0.167. The van der Waals surface area contributed by atoms with Crippen LogP contribution in [0.5, 0.6) is 0 Å². The van der Waals surface area contributed by atoms with Crippen molar-refractivity contribution < 1.29 is 57.2 Å². The van der Waals surface area contributed by atoms with Crippen LogP contribution in [0.3, 0.4) is 0 Å². The van der Waals surface area contributed by atoms with Gasteiger partial charge in [0.15, 0.2) is 16.2 Å². The van der Waals surface area contributed by atoms with Crippen LogP contribution in [-0.4, -0.2) is 78.5 Å². The Hall–Kier alpha value is -5.78. The predicted octanol–water partition coefficient (Wildman–Crippen LogP) is 7.03. The third kappa shape index (κ3) is 6.38. The summed E-state index contributed by atoms with van der Waals surface area (Å²) in [6.07, 6.45) is 0.317. The smallest absolute Gasteiger partial charge is 0.323 e. The molecule has 0 radical (unpaired) electrons. The van der Waals surface area contributed by atoms with Gasteiger partial charge in [-0.3, -0.25) is 28.8 Å². The highest BCUT2D eigenvalue weighted by molar-refractivity contribution is 6.06. The highest BCUT2D eigenvalue weighted by Crippen LogP contribution is 2.64. The van der Waals surface area contributed by atoms with Crippen molar-refractivity contribution in [1.82, 2.24) is 0 Å². The van der Waals surface area contributed by atoms with Crippen LogP contribution < -0.4 is 0 Å². The van der Waals surface area contributed by atoms with Crippen LogP contribution in [0.4, 0.5) is 0 Å². The summed E-state index contributed by atoms with van der Waals surface area (Å²) in [4.78, 5) is 85.0. The largest absolute Gasteiger partial charge is 0.468 e. The zero-order valence-electron chi connectivity index (χ0n) is 36.7. The minimum atomic E-state index is -1.92. The summed E-state index contributed by atoms with van der Waals surface area (Å²) in [5.41, 5.74) is 2.86. The Morgan fingerprint density at radius 2 is 0.590 bits per heavy atom. The average molecular weight is 835 g/mol. The van der Waals surface area contributed by atoms with E-state index in [4.69, 9.17) is 28.4 Å². The average Bonchev–Trinajstić information content (AvgIpc) is 4.05. The Labute approximate surface area is 356 Å². The van der Waals surface area contributed by atoms with Gasteiger partial charge in [-0.05, 0) is 90.5 Å². The van der Waals surface area contributed by atoms with Crippen LogP contribution >= 0.6 is 0 Å². The Kier molecular flexibility index (Phi) is 10.9. The fourth-order valence-corrected chi connectivity index (χ4v) is 11.4. The molecule has 0 spiro atoms. The van der Waals surface area contributed by atoms with Crippen LogP contribution in [0.1, 0.15) is 88.5 Å². The second kappa shape index (κ2) is 15.3. The first-order chi connectivity index (χ1) is 28.9. The van der Waals surface area contributed by atoms with Gasteiger partial charge in [0.25, 0.3) is 0 Å². The minimum absolute atomic E-state index is 0.0903. The molecule has 61 heavy (non-hydrogen) atoms. The Balaban J connectivity index is 1.70. The number of hydrogen-bond acceptors (Lipinski definition) is 12. The molecule has 7 rings (SSSR count). The van der Waals surface area contributed by atoms with Crippen molar-refractivity contribution in [3.05, 3.63) is 104 Å². The van der Waals surface area contributed by atoms with Gasteiger partial charge in [0.05, 0.1) is 42.7 Å². The van der Waals surface area contributed by atoms with Crippen LogP contribution in [0.2, 0.25) is 0 Å². The van der Waals surface area contributed by atoms with E-state index in [1.54, 1.807) is 0 Å². The van der Waals surface area contributed by atoms with Gasteiger partial charge in [-0.15, -0.1) is 0 Å². The number of ether oxygens (including phenoxy) is 6. The fourth-order valence-electron chi connectivity index (χ4n) is 11.4. The standard InChI is InChI=1S/C49H54O12/c1-45(2)19-27-15-11-13-17-29(27)37(45)35-25-48(41(52)58-7,42(53)59-8)23-33(35)31-21-47(39(50)56-5,40(51)57-6)22-32(31)34-24-49(43(54)60-9,44(55)61-10)26-36(34)38-30-18-14-12-16-28(30)20-46(38,3)4/h11-18H,19-26H2,1-10H3/b33-31-,34-32-,37-35+,38-36+. The first-order valence-corrected chi connectivity index (χ1v) is 20.5. The number of allylic oxidation sites excluding steroid dienone is 8. The van der Waals surface area contributed by atoms with Crippen molar-refractivity contribution in [1.29, 1.82) is 0 Å². The first-order valence-electron chi connectivity index (χ1n) is 20.5. The van der Waals surface area contributed by atoms with E-state index in [1.165, 1.54) is 42.7 Å². The molecule has 0 aromatic heterocycles. The van der Waals surface area contributed by atoms with E-state index in [0.29, 0.717) is 46.3 Å². The van der Waals surface area contributed by atoms with E-state index in [0.717, 1.165) is 33.4 Å². The van der Waals surface area contributed by atoms with Gasteiger partial charge in [0, 0.05) is 38.5 Å². The molecule has 12 heteroatoms. The van der Waals surface area contributed by atoms with Gasteiger partial charge < -0.3 is 28.4 Å². The fraction of sp³-hybridized carbons (Fsp3) is 0.469. The van der Waals surface area contributed by atoms with Gasteiger partial charge >= 0.3 is 35.8 Å². The maximum Gasteiger partial charge on any atom is 0.323 e. The summed E-state index contributed by atoms with van der Waals surface area (Å²) in [7, 11) is 7.29. The summed E-state index contributed by atoms with van der Waals surface area (Å²) in [5, 5.41) is 0. The highest BCUT2D eigenvalue weighted by Gasteiger charge is 2.62. The van der Waals surface area contributed by atoms with Crippen LogP contribution in [0.15, 0.2) is 82.0 Å². The van der Waals surface area contributed by atoms with E-state index in [9.17, 15) is 28.8 Å². The maximum atomic E-state index is 14.3. The first kappa shape index (κ1) is 43.3. The van der Waals surface area contributed by atoms with Gasteiger partial charge in [-0.1, -0.05) is 76.2 Å². The maximum absolute atomic E-state index is 14.3. The number of hydrogen-bond donors (Lipinski definition) is 0. The topological polar surface area (TPSA) is 158 Å². The molecule has 0 heterocycles. The van der Waals surface area contributed by atoms with Crippen molar-refractivity contribution in [2.75, 3.05) is 42.7 Å². The number of fused-ring (bicyclic) bond motifs is 2. The predicted molar refractivity (Wildman–Crippen MR) is 223 cm³/mol. The molecule has 0 unspecified atom stereocenters. The third-order valence-electron chi connectivity index (χ3n) is 13.9. The molecule has 2 aromatic carbocycles. The number of benzene rings is 2. The lowest BCUT2D eigenvalue weighted by Crippen LogP contribution is -2.39. The second-order valence-electron chi connectivity index (χ2n) is 18.3.